The molecule has 1 aromatic carbocycles. The van der Waals surface area contributed by atoms with Crippen molar-refractivity contribution in [3.8, 4) is 0 Å². The lowest BCUT2D eigenvalue weighted by Crippen LogP contribution is -2.56. The quantitative estimate of drug-likeness (QED) is 0.902. The Balaban J connectivity index is 2.17. The normalized spacial score (nSPS) is 19.9. The van der Waals surface area contributed by atoms with Crippen LogP contribution in [0.3, 0.4) is 0 Å². The van der Waals surface area contributed by atoms with Crippen LogP contribution in [0.5, 0.6) is 0 Å². The van der Waals surface area contributed by atoms with Gasteiger partial charge in [0.2, 0.25) is 11.8 Å². The predicted molar refractivity (Wildman–Crippen MR) is 69.5 cm³/mol. The average molecular weight is 287 g/mol. The molecule has 0 saturated carbocycles. The van der Waals surface area contributed by atoms with Crippen molar-refractivity contribution < 1.29 is 9.59 Å². The molecule has 1 fully saturated rings. The molecule has 1 saturated heterocycles. The summed E-state index contributed by atoms with van der Waals surface area (Å²) >= 11 is 11.9. The van der Waals surface area contributed by atoms with Crippen LogP contribution in [0.2, 0.25) is 10.0 Å². The molecule has 1 N–H and O–H groups in total. The van der Waals surface area contributed by atoms with Crippen LogP contribution in [0.1, 0.15) is 12.5 Å². The van der Waals surface area contributed by atoms with E-state index in [2.05, 4.69) is 5.32 Å². The third kappa shape index (κ3) is 2.76. The number of hydrogen-bond acceptors (Lipinski definition) is 2. The highest BCUT2D eigenvalue weighted by Crippen LogP contribution is 2.22. The molecule has 18 heavy (non-hydrogen) atoms. The van der Waals surface area contributed by atoms with Crippen LogP contribution in [-0.2, 0) is 16.1 Å². The van der Waals surface area contributed by atoms with Crippen molar-refractivity contribution in [1.29, 1.82) is 0 Å². The molecule has 1 aliphatic heterocycles. The first-order valence-electron chi connectivity index (χ1n) is 5.49. The number of piperazine rings is 1. The highest BCUT2D eigenvalue weighted by molar-refractivity contribution is 6.35. The molecule has 6 heteroatoms. The van der Waals surface area contributed by atoms with Crippen molar-refractivity contribution in [1.82, 2.24) is 10.2 Å². The van der Waals surface area contributed by atoms with Crippen molar-refractivity contribution in [2.75, 3.05) is 6.54 Å². The topological polar surface area (TPSA) is 49.4 Å². The van der Waals surface area contributed by atoms with Gasteiger partial charge >= 0.3 is 0 Å². The Morgan fingerprint density at radius 3 is 2.78 bits per heavy atom. The van der Waals surface area contributed by atoms with Crippen molar-refractivity contribution in [2.45, 2.75) is 19.5 Å². The summed E-state index contributed by atoms with van der Waals surface area (Å²) in [5, 5.41) is 3.62. The zero-order valence-electron chi connectivity index (χ0n) is 9.74. The Morgan fingerprint density at radius 2 is 2.11 bits per heavy atom. The third-order valence-corrected chi connectivity index (χ3v) is 3.36. The van der Waals surface area contributed by atoms with Gasteiger partial charge in [0.25, 0.3) is 0 Å². The summed E-state index contributed by atoms with van der Waals surface area (Å²) in [6, 6.07) is 4.60. The minimum absolute atomic E-state index is 0.0577. The van der Waals surface area contributed by atoms with E-state index in [9.17, 15) is 9.59 Å². The summed E-state index contributed by atoms with van der Waals surface area (Å²) in [6.45, 7) is 2.03. The number of hydrogen-bond donors (Lipinski definition) is 1. The Kier molecular flexibility index (Phi) is 3.78. The molecule has 0 aliphatic carbocycles. The summed E-state index contributed by atoms with van der Waals surface area (Å²) in [6.07, 6.45) is 0. The highest BCUT2D eigenvalue weighted by atomic mass is 35.5. The highest BCUT2D eigenvalue weighted by Gasteiger charge is 2.29. The van der Waals surface area contributed by atoms with Gasteiger partial charge in [0.05, 0.1) is 6.54 Å². The fourth-order valence-electron chi connectivity index (χ4n) is 1.86. The van der Waals surface area contributed by atoms with E-state index < -0.39 is 6.04 Å². The molecule has 96 valence electrons. The van der Waals surface area contributed by atoms with E-state index in [0.717, 1.165) is 5.56 Å². The summed E-state index contributed by atoms with van der Waals surface area (Å²) in [5.74, 6) is -0.271. The third-order valence-electron chi connectivity index (χ3n) is 2.77. The Labute approximate surface area is 115 Å². The SMILES string of the molecule is CC1NC(=O)CN(Cc2ccc(Cl)cc2Cl)C1=O. The number of rotatable bonds is 2. The first-order chi connectivity index (χ1) is 8.47. The summed E-state index contributed by atoms with van der Waals surface area (Å²) in [5.41, 5.74) is 0.774. The Bertz CT molecular complexity index is 505. The Morgan fingerprint density at radius 1 is 1.39 bits per heavy atom. The van der Waals surface area contributed by atoms with Gasteiger partial charge in [-0.25, -0.2) is 0 Å². The minimum Gasteiger partial charge on any atom is -0.343 e. The maximum absolute atomic E-state index is 11.9. The number of carbonyl (C=O) groups excluding carboxylic acids is 2. The first kappa shape index (κ1) is 13.2. The average Bonchev–Trinajstić information content (AvgIpc) is 2.29. The molecular formula is C12H12Cl2N2O2. The molecule has 0 spiro atoms. The lowest BCUT2D eigenvalue weighted by molar-refractivity contribution is -0.144. The molecule has 1 atom stereocenters. The Hall–Kier alpha value is -1.26. The first-order valence-corrected chi connectivity index (χ1v) is 6.25. The van der Waals surface area contributed by atoms with Gasteiger partial charge in [0.15, 0.2) is 0 Å². The van der Waals surface area contributed by atoms with Crippen LogP contribution >= 0.6 is 23.2 Å². The summed E-state index contributed by atoms with van der Waals surface area (Å²) < 4.78 is 0. The van der Waals surface area contributed by atoms with Gasteiger partial charge in [-0.2, -0.15) is 0 Å². The van der Waals surface area contributed by atoms with E-state index in [1.807, 2.05) is 0 Å². The lowest BCUT2D eigenvalue weighted by Gasteiger charge is -2.31. The van der Waals surface area contributed by atoms with Crippen LogP contribution in [0.15, 0.2) is 18.2 Å². The standard InChI is InChI=1S/C12H12Cl2N2O2/c1-7-12(18)16(6-11(17)15-7)5-8-2-3-9(13)4-10(8)14/h2-4,7H,5-6H2,1H3,(H,15,17). The molecule has 1 unspecified atom stereocenters. The molecule has 0 radical (unpaired) electrons. The molecule has 1 heterocycles. The second kappa shape index (κ2) is 5.16. The second-order valence-electron chi connectivity index (χ2n) is 4.22. The number of nitrogens with zero attached hydrogens (tertiary/aromatic N) is 1. The van der Waals surface area contributed by atoms with Gasteiger partial charge in [-0.15, -0.1) is 0 Å². The van der Waals surface area contributed by atoms with Crippen LogP contribution in [0, 0.1) is 0 Å². The molecule has 2 amide bonds. The van der Waals surface area contributed by atoms with Crippen molar-refractivity contribution in [3.05, 3.63) is 33.8 Å². The van der Waals surface area contributed by atoms with Gasteiger partial charge in [0.1, 0.15) is 6.04 Å². The predicted octanol–water partition coefficient (Wildman–Crippen LogP) is 1.84. The number of nitrogens with one attached hydrogen (secondary N) is 1. The zero-order chi connectivity index (χ0) is 13.3. The van der Waals surface area contributed by atoms with E-state index in [-0.39, 0.29) is 18.4 Å². The van der Waals surface area contributed by atoms with E-state index in [0.29, 0.717) is 16.6 Å². The second-order valence-corrected chi connectivity index (χ2v) is 5.06. The molecule has 4 nitrogen and oxygen atoms in total. The maximum atomic E-state index is 11.9. The lowest BCUT2D eigenvalue weighted by atomic mass is 10.1. The van der Waals surface area contributed by atoms with Crippen molar-refractivity contribution >= 4 is 35.0 Å². The smallest absolute Gasteiger partial charge is 0.245 e. The van der Waals surface area contributed by atoms with Crippen LogP contribution in [-0.4, -0.2) is 29.3 Å². The van der Waals surface area contributed by atoms with E-state index >= 15 is 0 Å². The largest absolute Gasteiger partial charge is 0.343 e. The van der Waals surface area contributed by atoms with Crippen molar-refractivity contribution in [2.24, 2.45) is 0 Å². The van der Waals surface area contributed by atoms with Gasteiger partial charge < -0.3 is 10.2 Å². The number of amides is 2. The molecule has 0 bridgehead atoms. The van der Waals surface area contributed by atoms with Crippen LogP contribution in [0.4, 0.5) is 0 Å². The van der Waals surface area contributed by atoms with Crippen LogP contribution < -0.4 is 5.32 Å². The van der Waals surface area contributed by atoms with Gasteiger partial charge in [-0.3, -0.25) is 9.59 Å². The number of benzene rings is 1. The molecule has 1 aromatic rings. The molecular weight excluding hydrogens is 275 g/mol. The van der Waals surface area contributed by atoms with Crippen LogP contribution in [0.25, 0.3) is 0 Å². The van der Waals surface area contributed by atoms with Gasteiger partial charge in [-0.05, 0) is 24.6 Å². The minimum atomic E-state index is -0.489. The monoisotopic (exact) mass is 286 g/mol. The van der Waals surface area contributed by atoms with Gasteiger partial charge in [-0.1, -0.05) is 29.3 Å². The molecule has 0 aromatic heterocycles. The van der Waals surface area contributed by atoms with E-state index in [1.165, 1.54) is 4.90 Å². The fraction of sp³-hybridized carbons (Fsp3) is 0.333. The fourth-order valence-corrected chi connectivity index (χ4v) is 2.33. The van der Waals surface area contributed by atoms with Crippen molar-refractivity contribution in [3.63, 3.8) is 0 Å². The van der Waals surface area contributed by atoms with Gasteiger partial charge in [0, 0.05) is 16.6 Å². The summed E-state index contributed by atoms with van der Waals surface area (Å²) in [7, 11) is 0. The van der Waals surface area contributed by atoms with E-state index in [4.69, 9.17) is 23.2 Å². The summed E-state index contributed by atoms with van der Waals surface area (Å²) in [4.78, 5) is 24.8. The zero-order valence-corrected chi connectivity index (χ0v) is 11.3. The molecule has 2 rings (SSSR count). The van der Waals surface area contributed by atoms with E-state index in [1.54, 1.807) is 25.1 Å². The number of carbonyl (C=O) groups is 2. The number of halogens is 2. The molecule has 1 aliphatic rings. The maximum Gasteiger partial charge on any atom is 0.245 e.